The lowest BCUT2D eigenvalue weighted by Gasteiger charge is -2.15. The molecule has 0 nitrogen and oxygen atoms in total. The van der Waals surface area contributed by atoms with Gasteiger partial charge >= 0.3 is 11.8 Å². The summed E-state index contributed by atoms with van der Waals surface area (Å²) in [6.45, 7) is 0. The minimum Gasteiger partial charge on any atom is -0.192 e. The summed E-state index contributed by atoms with van der Waals surface area (Å²) in [7, 11) is 0. The molecule has 0 saturated heterocycles. The summed E-state index contributed by atoms with van der Waals surface area (Å²) in [5.74, 6) is -3.83. The first-order valence-electron chi connectivity index (χ1n) is 3.71. The third kappa shape index (κ3) is 2.72. The van der Waals surface area contributed by atoms with Gasteiger partial charge < -0.3 is 0 Å². The molecule has 0 heterocycles. The van der Waals surface area contributed by atoms with Crippen LogP contribution in [0.25, 0.3) is 0 Å². The summed E-state index contributed by atoms with van der Waals surface area (Å²) in [6.07, 6.45) is -0.597. The molecular formula is C8H8F4. The van der Waals surface area contributed by atoms with E-state index >= 15 is 0 Å². The Labute approximate surface area is 67.9 Å². The average Bonchev–Trinajstić information content (AvgIpc) is 1.94. The molecule has 0 bridgehead atoms. The summed E-state index contributed by atoms with van der Waals surface area (Å²) in [4.78, 5) is 0. The molecule has 1 aliphatic rings. The lowest BCUT2D eigenvalue weighted by molar-refractivity contribution is 0.0258. The van der Waals surface area contributed by atoms with Crippen molar-refractivity contribution in [3.63, 3.8) is 0 Å². The summed E-state index contributed by atoms with van der Waals surface area (Å²) in [6, 6.07) is 0. The number of hydrogen-bond acceptors (Lipinski definition) is 0. The third-order valence-corrected chi connectivity index (χ3v) is 1.66. The van der Waals surface area contributed by atoms with Gasteiger partial charge in [-0.25, -0.2) is 0 Å². The molecule has 0 saturated carbocycles. The topological polar surface area (TPSA) is 0 Å². The molecule has 0 aliphatic heterocycles. The zero-order valence-electron chi connectivity index (χ0n) is 6.34. The molecule has 0 radical (unpaired) electrons. The summed E-state index contributed by atoms with van der Waals surface area (Å²) in [5.41, 5.74) is 0. The highest BCUT2D eigenvalue weighted by atomic mass is 19.3. The van der Waals surface area contributed by atoms with Crippen LogP contribution in [-0.4, -0.2) is 11.8 Å². The van der Waals surface area contributed by atoms with Gasteiger partial charge in [0, 0.05) is 12.8 Å². The van der Waals surface area contributed by atoms with Crippen LogP contribution in [0.15, 0.2) is 0 Å². The largest absolute Gasteiger partial charge is 0.308 e. The molecule has 4 heteroatoms. The van der Waals surface area contributed by atoms with Crippen molar-refractivity contribution < 1.29 is 17.6 Å². The first kappa shape index (κ1) is 9.37. The summed E-state index contributed by atoms with van der Waals surface area (Å²) in [5, 5.41) is 0. The molecule has 0 unspecified atom stereocenters. The van der Waals surface area contributed by atoms with Crippen molar-refractivity contribution in [2.75, 3.05) is 0 Å². The molecule has 12 heavy (non-hydrogen) atoms. The van der Waals surface area contributed by atoms with E-state index in [-0.39, 0.29) is 12.8 Å². The van der Waals surface area contributed by atoms with Crippen LogP contribution in [0.2, 0.25) is 0 Å². The molecule has 0 spiro atoms. The van der Waals surface area contributed by atoms with Crippen LogP contribution in [0.5, 0.6) is 0 Å². The highest BCUT2D eigenvalue weighted by Crippen LogP contribution is 2.28. The Morgan fingerprint density at radius 2 is 1.08 bits per heavy atom. The van der Waals surface area contributed by atoms with Gasteiger partial charge in [0.25, 0.3) is 0 Å². The maximum absolute atomic E-state index is 12.5. The Balaban J connectivity index is 2.80. The molecule has 1 rings (SSSR count). The van der Waals surface area contributed by atoms with E-state index < -0.39 is 24.7 Å². The molecule has 0 aromatic rings. The second kappa shape index (κ2) is 2.96. The van der Waals surface area contributed by atoms with E-state index in [1.165, 1.54) is 11.8 Å². The fraction of sp³-hybridized carbons (Fsp3) is 0.750. The predicted molar refractivity (Wildman–Crippen MR) is 36.1 cm³/mol. The van der Waals surface area contributed by atoms with Gasteiger partial charge in [0.1, 0.15) is 0 Å². The van der Waals surface area contributed by atoms with E-state index in [1.807, 2.05) is 0 Å². The van der Waals surface area contributed by atoms with Crippen molar-refractivity contribution in [1.82, 2.24) is 0 Å². The molecule has 0 aromatic carbocycles. The van der Waals surface area contributed by atoms with Crippen LogP contribution in [0.4, 0.5) is 17.6 Å². The average molecular weight is 180 g/mol. The Kier molecular flexibility index (Phi) is 2.31. The number of hydrogen-bond donors (Lipinski definition) is 0. The Morgan fingerprint density at radius 1 is 0.750 bits per heavy atom. The van der Waals surface area contributed by atoms with E-state index in [4.69, 9.17) is 0 Å². The van der Waals surface area contributed by atoms with Gasteiger partial charge in [0.15, 0.2) is 0 Å². The standard InChI is InChI=1S/C8H8F4/c9-7(10)3-1-2-4-8(11,12)6-5-7/h1-4H2. The van der Waals surface area contributed by atoms with Gasteiger partial charge in [-0.15, -0.1) is 0 Å². The van der Waals surface area contributed by atoms with Gasteiger partial charge in [-0.1, -0.05) is 0 Å². The molecule has 0 N–H and O–H groups in total. The Morgan fingerprint density at radius 3 is 1.42 bits per heavy atom. The van der Waals surface area contributed by atoms with Crippen molar-refractivity contribution in [2.24, 2.45) is 0 Å². The van der Waals surface area contributed by atoms with E-state index in [9.17, 15) is 17.6 Å². The summed E-state index contributed by atoms with van der Waals surface area (Å²) < 4.78 is 49.9. The second-order valence-corrected chi connectivity index (χ2v) is 2.87. The first-order chi connectivity index (χ1) is 5.41. The lowest BCUT2D eigenvalue weighted by Crippen LogP contribution is -2.20. The fourth-order valence-corrected chi connectivity index (χ4v) is 1.00. The van der Waals surface area contributed by atoms with Gasteiger partial charge in [-0.05, 0) is 24.7 Å². The van der Waals surface area contributed by atoms with Crippen molar-refractivity contribution in [3.05, 3.63) is 0 Å². The number of halogens is 4. The first-order valence-corrected chi connectivity index (χ1v) is 3.71. The molecule has 0 atom stereocenters. The third-order valence-electron chi connectivity index (χ3n) is 1.66. The SMILES string of the molecule is FC1(F)C#CC(F)(F)CCCC1. The monoisotopic (exact) mass is 180 g/mol. The molecule has 68 valence electrons. The molecule has 0 aromatic heterocycles. The van der Waals surface area contributed by atoms with Crippen LogP contribution in [0.3, 0.4) is 0 Å². The molecule has 1 aliphatic carbocycles. The predicted octanol–water partition coefficient (Wildman–Crippen LogP) is 2.83. The van der Waals surface area contributed by atoms with Gasteiger partial charge in [-0.2, -0.15) is 17.6 Å². The van der Waals surface area contributed by atoms with Crippen LogP contribution in [-0.2, 0) is 0 Å². The lowest BCUT2D eigenvalue weighted by atomic mass is 10.0. The maximum atomic E-state index is 12.5. The second-order valence-electron chi connectivity index (χ2n) is 2.87. The Hall–Kier alpha value is -0.720. The van der Waals surface area contributed by atoms with Gasteiger partial charge in [0.05, 0.1) is 0 Å². The zero-order valence-corrected chi connectivity index (χ0v) is 6.34. The highest BCUT2D eigenvalue weighted by molar-refractivity contribution is 5.16. The maximum Gasteiger partial charge on any atom is 0.308 e. The van der Waals surface area contributed by atoms with Gasteiger partial charge in [-0.3, -0.25) is 0 Å². The van der Waals surface area contributed by atoms with Crippen molar-refractivity contribution in [2.45, 2.75) is 37.5 Å². The zero-order chi connectivity index (χ0) is 9.24. The van der Waals surface area contributed by atoms with E-state index in [0.717, 1.165) is 0 Å². The van der Waals surface area contributed by atoms with Gasteiger partial charge in [0.2, 0.25) is 0 Å². The van der Waals surface area contributed by atoms with Crippen LogP contribution < -0.4 is 0 Å². The van der Waals surface area contributed by atoms with Crippen molar-refractivity contribution >= 4 is 0 Å². The molecular weight excluding hydrogens is 172 g/mol. The minimum atomic E-state index is -3.23. The van der Waals surface area contributed by atoms with Crippen molar-refractivity contribution in [3.8, 4) is 11.8 Å². The Bertz CT molecular complexity index is 199. The number of rotatable bonds is 0. The van der Waals surface area contributed by atoms with Crippen LogP contribution in [0, 0.1) is 11.8 Å². The molecule has 0 fully saturated rings. The van der Waals surface area contributed by atoms with Crippen molar-refractivity contribution in [1.29, 1.82) is 0 Å². The van der Waals surface area contributed by atoms with Crippen LogP contribution >= 0.6 is 0 Å². The normalized spacial score (nSPS) is 26.3. The summed E-state index contributed by atoms with van der Waals surface area (Å²) >= 11 is 0. The number of alkyl halides is 4. The highest BCUT2D eigenvalue weighted by Gasteiger charge is 2.32. The quantitative estimate of drug-likeness (QED) is 0.397. The van der Waals surface area contributed by atoms with Crippen LogP contribution in [0.1, 0.15) is 25.7 Å². The van der Waals surface area contributed by atoms with E-state index in [0.29, 0.717) is 0 Å². The fourth-order valence-electron chi connectivity index (χ4n) is 1.00. The van der Waals surface area contributed by atoms with E-state index in [2.05, 4.69) is 0 Å². The minimum absolute atomic E-state index is 0.108. The molecule has 0 amide bonds. The van der Waals surface area contributed by atoms with E-state index in [1.54, 1.807) is 0 Å². The smallest absolute Gasteiger partial charge is 0.192 e.